The highest BCUT2D eigenvalue weighted by Gasteiger charge is 2.11. The summed E-state index contributed by atoms with van der Waals surface area (Å²) in [6, 6.07) is 29.5. The molecule has 130 valence electrons. The van der Waals surface area contributed by atoms with Crippen molar-refractivity contribution in [3.63, 3.8) is 0 Å². The Hall–Kier alpha value is -2.84. The van der Waals surface area contributed by atoms with E-state index < -0.39 is 0 Å². The van der Waals surface area contributed by atoms with Gasteiger partial charge in [-0.2, -0.15) is 0 Å². The van der Waals surface area contributed by atoms with Crippen molar-refractivity contribution >= 4 is 23.1 Å². The largest absolute Gasteiger partial charge is 0.362 e. The summed E-state index contributed by atoms with van der Waals surface area (Å²) in [7, 11) is 0. The van der Waals surface area contributed by atoms with Gasteiger partial charge >= 0.3 is 0 Å². The van der Waals surface area contributed by atoms with Crippen molar-refractivity contribution in [2.75, 3.05) is 11.4 Å². The third-order valence-corrected chi connectivity index (χ3v) is 4.25. The molecule has 0 radical (unpaired) electrons. The van der Waals surface area contributed by atoms with Crippen LogP contribution in [0, 0.1) is 0 Å². The maximum absolute atomic E-state index is 12.4. The molecule has 3 aromatic carbocycles. The second kappa shape index (κ2) is 9.02. The molecule has 0 aliphatic rings. The predicted molar refractivity (Wildman–Crippen MR) is 109 cm³/mol. The first-order valence-corrected chi connectivity index (χ1v) is 8.89. The van der Waals surface area contributed by atoms with Gasteiger partial charge < -0.3 is 4.90 Å². The van der Waals surface area contributed by atoms with Gasteiger partial charge in [0.1, 0.15) is 0 Å². The molecular formula is C23H20ClNO. The van der Waals surface area contributed by atoms with E-state index in [1.165, 1.54) is 11.6 Å². The molecule has 3 rings (SSSR count). The highest BCUT2D eigenvalue weighted by Crippen LogP contribution is 2.20. The third kappa shape index (κ3) is 5.08. The second-order valence-electron chi connectivity index (χ2n) is 6.00. The topological polar surface area (TPSA) is 20.3 Å². The molecule has 0 unspecified atom stereocenters. The van der Waals surface area contributed by atoms with E-state index in [4.69, 9.17) is 11.6 Å². The third-order valence-electron chi connectivity index (χ3n) is 4.03. The normalized spacial score (nSPS) is 11.2. The van der Waals surface area contributed by atoms with Crippen molar-refractivity contribution in [2.45, 2.75) is 6.54 Å². The van der Waals surface area contributed by atoms with Crippen LogP contribution in [0.2, 0.25) is 0 Å². The quantitative estimate of drug-likeness (QED) is 0.397. The van der Waals surface area contributed by atoms with Gasteiger partial charge in [-0.05, 0) is 17.7 Å². The van der Waals surface area contributed by atoms with E-state index in [9.17, 15) is 4.79 Å². The molecule has 0 aliphatic heterocycles. The smallest absolute Gasteiger partial charge is 0.187 e. The van der Waals surface area contributed by atoms with E-state index in [-0.39, 0.29) is 5.78 Å². The summed E-state index contributed by atoms with van der Waals surface area (Å²) < 4.78 is 0. The monoisotopic (exact) mass is 361 g/mol. The van der Waals surface area contributed by atoms with Gasteiger partial charge in [-0.1, -0.05) is 90.5 Å². The number of ketones is 1. The van der Waals surface area contributed by atoms with Crippen molar-refractivity contribution in [1.29, 1.82) is 0 Å². The Bertz CT molecular complexity index is 860. The Morgan fingerprint density at radius 2 is 1.35 bits per heavy atom. The number of anilines is 1. The molecule has 0 aromatic heterocycles. The van der Waals surface area contributed by atoms with Crippen molar-refractivity contribution in [1.82, 2.24) is 0 Å². The molecule has 3 aromatic rings. The van der Waals surface area contributed by atoms with Crippen molar-refractivity contribution in [3.8, 4) is 0 Å². The molecule has 0 atom stereocenters. The molecule has 0 amide bonds. The summed E-state index contributed by atoms with van der Waals surface area (Å²) in [5, 5.41) is 0.513. The molecule has 0 spiro atoms. The minimum absolute atomic E-state index is 0.0803. The highest BCUT2D eigenvalue weighted by atomic mass is 35.5. The predicted octanol–water partition coefficient (Wildman–Crippen LogP) is 5.70. The molecule has 0 N–H and O–H groups in total. The summed E-state index contributed by atoms with van der Waals surface area (Å²) in [5.41, 5.74) is 2.89. The number of carbonyl (C=O) groups is 1. The molecule has 2 nitrogen and oxygen atoms in total. The summed E-state index contributed by atoms with van der Waals surface area (Å²) in [5.74, 6) is -0.0803. The van der Waals surface area contributed by atoms with Gasteiger partial charge in [0, 0.05) is 28.9 Å². The SMILES string of the molecule is O=C(/C=C(\Cl)CN(Cc1ccccc1)c1ccccc1)c1ccccc1. The van der Waals surface area contributed by atoms with Crippen LogP contribution in [0.25, 0.3) is 0 Å². The molecule has 0 bridgehead atoms. The summed E-state index contributed by atoms with van der Waals surface area (Å²) >= 11 is 6.44. The molecule has 3 heteroatoms. The molecule has 0 aliphatic carbocycles. The second-order valence-corrected chi connectivity index (χ2v) is 6.48. The van der Waals surface area contributed by atoms with Crippen molar-refractivity contribution in [2.24, 2.45) is 0 Å². The van der Waals surface area contributed by atoms with Crippen molar-refractivity contribution in [3.05, 3.63) is 113 Å². The van der Waals surface area contributed by atoms with Gasteiger partial charge in [-0.25, -0.2) is 0 Å². The zero-order valence-electron chi connectivity index (χ0n) is 14.4. The number of hydrogen-bond donors (Lipinski definition) is 0. The standard InChI is InChI=1S/C23H20ClNO/c24-21(16-23(26)20-12-6-2-7-13-20)18-25(22-14-8-3-9-15-22)17-19-10-4-1-5-11-19/h1-16H,17-18H2/b21-16-. The number of rotatable bonds is 7. The van der Waals surface area contributed by atoms with Gasteiger partial charge in [-0.15, -0.1) is 0 Å². The molecule has 0 fully saturated rings. The number of halogens is 1. The average Bonchev–Trinajstić information content (AvgIpc) is 2.69. The lowest BCUT2D eigenvalue weighted by Crippen LogP contribution is -2.24. The number of benzene rings is 3. The van der Waals surface area contributed by atoms with Gasteiger partial charge in [0.2, 0.25) is 0 Å². The van der Waals surface area contributed by atoms with Crippen LogP contribution in [0.1, 0.15) is 15.9 Å². The number of nitrogens with zero attached hydrogens (tertiary/aromatic N) is 1. The van der Waals surface area contributed by atoms with E-state index >= 15 is 0 Å². The number of hydrogen-bond acceptors (Lipinski definition) is 2. The molecular weight excluding hydrogens is 342 g/mol. The van der Waals surface area contributed by atoms with Crippen LogP contribution < -0.4 is 4.90 Å². The Kier molecular flexibility index (Phi) is 6.24. The molecule has 0 saturated carbocycles. The van der Waals surface area contributed by atoms with E-state index in [1.807, 2.05) is 66.7 Å². The van der Waals surface area contributed by atoms with Gasteiger partial charge in [0.05, 0.1) is 6.54 Å². The van der Waals surface area contributed by atoms with Crippen LogP contribution in [0.15, 0.2) is 102 Å². The van der Waals surface area contributed by atoms with Crippen LogP contribution >= 0.6 is 11.6 Å². The first-order chi connectivity index (χ1) is 12.7. The number of carbonyl (C=O) groups excluding carboxylic acids is 1. The minimum atomic E-state index is -0.0803. The lowest BCUT2D eigenvalue weighted by Gasteiger charge is -2.24. The fraction of sp³-hybridized carbons (Fsp3) is 0.0870. The van der Waals surface area contributed by atoms with Crippen LogP contribution in [0.3, 0.4) is 0 Å². The maximum atomic E-state index is 12.4. The Morgan fingerprint density at radius 3 is 1.96 bits per heavy atom. The van der Waals surface area contributed by atoms with Crippen LogP contribution in [-0.2, 0) is 6.54 Å². The average molecular weight is 362 g/mol. The fourth-order valence-electron chi connectivity index (χ4n) is 2.74. The molecule has 26 heavy (non-hydrogen) atoms. The van der Waals surface area contributed by atoms with Crippen LogP contribution in [0.5, 0.6) is 0 Å². The van der Waals surface area contributed by atoms with Crippen molar-refractivity contribution < 1.29 is 4.79 Å². The van der Waals surface area contributed by atoms with Gasteiger partial charge in [0.15, 0.2) is 5.78 Å². The van der Waals surface area contributed by atoms with Crippen LogP contribution in [0.4, 0.5) is 5.69 Å². The maximum Gasteiger partial charge on any atom is 0.187 e. The number of allylic oxidation sites excluding steroid dienone is 1. The summed E-state index contributed by atoms with van der Waals surface area (Å²) in [6.45, 7) is 1.19. The molecule has 0 heterocycles. The Labute approximate surface area is 159 Å². The van der Waals surface area contributed by atoms with Gasteiger partial charge in [-0.3, -0.25) is 4.79 Å². The highest BCUT2D eigenvalue weighted by molar-refractivity contribution is 6.32. The lowest BCUT2D eigenvalue weighted by atomic mass is 10.1. The summed E-state index contributed by atoms with van der Waals surface area (Å²) in [6.07, 6.45) is 1.51. The Morgan fingerprint density at radius 1 is 0.808 bits per heavy atom. The van der Waals surface area contributed by atoms with E-state index in [0.717, 1.165) is 5.69 Å². The zero-order chi connectivity index (χ0) is 18.2. The van der Waals surface area contributed by atoms with Crippen LogP contribution in [-0.4, -0.2) is 12.3 Å². The van der Waals surface area contributed by atoms with E-state index in [2.05, 4.69) is 17.0 Å². The number of para-hydroxylation sites is 1. The first-order valence-electron chi connectivity index (χ1n) is 8.52. The summed E-state index contributed by atoms with van der Waals surface area (Å²) in [4.78, 5) is 14.5. The fourth-order valence-corrected chi connectivity index (χ4v) is 2.98. The minimum Gasteiger partial charge on any atom is -0.362 e. The Balaban J connectivity index is 1.78. The first kappa shape index (κ1) is 18.0. The molecule has 0 saturated heterocycles. The lowest BCUT2D eigenvalue weighted by molar-refractivity contribution is 0.104. The van der Waals surface area contributed by atoms with E-state index in [0.29, 0.717) is 23.7 Å². The van der Waals surface area contributed by atoms with Gasteiger partial charge in [0.25, 0.3) is 0 Å². The zero-order valence-corrected chi connectivity index (χ0v) is 15.1. The van der Waals surface area contributed by atoms with E-state index in [1.54, 1.807) is 12.1 Å².